The number of methoxy groups -OCH3 is 1. The van der Waals surface area contributed by atoms with Gasteiger partial charge >= 0.3 is 12.1 Å². The second-order valence-corrected chi connectivity index (χ2v) is 5.87. The highest BCUT2D eigenvalue weighted by atomic mass is 16.6. The summed E-state index contributed by atoms with van der Waals surface area (Å²) in [5.41, 5.74) is 0.538. The lowest BCUT2D eigenvalue weighted by Gasteiger charge is -2.27. The van der Waals surface area contributed by atoms with Gasteiger partial charge in [0.1, 0.15) is 17.4 Å². The van der Waals surface area contributed by atoms with E-state index in [9.17, 15) is 14.7 Å². The summed E-state index contributed by atoms with van der Waals surface area (Å²) in [5.74, 6) is -0.496. The first-order chi connectivity index (χ1) is 9.74. The largest absolute Gasteiger partial charge is 0.496 e. The first kappa shape index (κ1) is 15.2. The van der Waals surface area contributed by atoms with Crippen LogP contribution in [0.25, 0.3) is 0 Å². The minimum atomic E-state index is -1.07. The van der Waals surface area contributed by atoms with E-state index in [0.29, 0.717) is 17.0 Å². The summed E-state index contributed by atoms with van der Waals surface area (Å²) in [6.45, 7) is 5.22. The number of hydrogen-bond donors (Lipinski definition) is 1. The summed E-state index contributed by atoms with van der Waals surface area (Å²) in [6, 6.07) is 4.19. The zero-order chi connectivity index (χ0) is 15.8. The monoisotopic (exact) mass is 293 g/mol. The molecule has 0 aliphatic carbocycles. The number of rotatable bonds is 2. The predicted octanol–water partition coefficient (Wildman–Crippen LogP) is 2.45. The Morgan fingerprint density at radius 3 is 2.52 bits per heavy atom. The molecule has 114 valence electrons. The van der Waals surface area contributed by atoms with Gasteiger partial charge in [-0.1, -0.05) is 6.07 Å². The van der Waals surface area contributed by atoms with Crippen LogP contribution in [-0.4, -0.2) is 35.9 Å². The van der Waals surface area contributed by atoms with Crippen molar-refractivity contribution in [2.45, 2.75) is 38.8 Å². The van der Waals surface area contributed by atoms with E-state index in [-0.39, 0.29) is 6.42 Å². The second kappa shape index (κ2) is 5.27. The lowest BCUT2D eigenvalue weighted by molar-refractivity contribution is -0.138. The summed E-state index contributed by atoms with van der Waals surface area (Å²) in [7, 11) is 1.52. The number of carboxylic acid groups (broad SMARTS) is 1. The molecule has 0 spiro atoms. The van der Waals surface area contributed by atoms with Crippen LogP contribution in [0.4, 0.5) is 10.5 Å². The number of aliphatic carboxylic acids is 1. The van der Waals surface area contributed by atoms with Crippen molar-refractivity contribution < 1.29 is 24.2 Å². The number of amides is 1. The standard InChI is InChI=1S/C15H19NO5/c1-15(2,3)21-14(19)16-10-6-5-7-12(20-4)9(10)8-11(16)13(17)18/h5-7,11H,8H2,1-4H3,(H,17,18)/t11-/m0/s1. The highest BCUT2D eigenvalue weighted by molar-refractivity contribution is 5.99. The minimum absolute atomic E-state index is 0.202. The molecule has 0 bridgehead atoms. The smallest absolute Gasteiger partial charge is 0.415 e. The van der Waals surface area contributed by atoms with Crippen LogP contribution in [0.3, 0.4) is 0 Å². The molecule has 21 heavy (non-hydrogen) atoms. The summed E-state index contributed by atoms with van der Waals surface area (Å²) in [4.78, 5) is 25.0. The Labute approximate surface area is 123 Å². The number of carbonyl (C=O) groups excluding carboxylic acids is 1. The van der Waals surface area contributed by atoms with Crippen LogP contribution in [0.1, 0.15) is 26.3 Å². The van der Waals surface area contributed by atoms with Crippen LogP contribution in [-0.2, 0) is 16.0 Å². The zero-order valence-corrected chi connectivity index (χ0v) is 12.5. The van der Waals surface area contributed by atoms with Gasteiger partial charge in [-0.25, -0.2) is 9.59 Å². The topological polar surface area (TPSA) is 76.1 Å². The van der Waals surface area contributed by atoms with E-state index in [1.807, 2.05) is 0 Å². The van der Waals surface area contributed by atoms with E-state index in [1.165, 1.54) is 12.0 Å². The zero-order valence-electron chi connectivity index (χ0n) is 12.5. The van der Waals surface area contributed by atoms with Crippen LogP contribution in [0.2, 0.25) is 0 Å². The van der Waals surface area contributed by atoms with Gasteiger partial charge in [0.05, 0.1) is 12.8 Å². The maximum absolute atomic E-state index is 12.3. The van der Waals surface area contributed by atoms with Crippen molar-refractivity contribution in [3.8, 4) is 5.75 Å². The molecule has 0 aromatic heterocycles. The Morgan fingerprint density at radius 2 is 2.00 bits per heavy atom. The van der Waals surface area contributed by atoms with E-state index in [4.69, 9.17) is 9.47 Å². The molecule has 0 fully saturated rings. The van der Waals surface area contributed by atoms with Gasteiger partial charge in [0, 0.05) is 12.0 Å². The molecule has 0 saturated heterocycles. The van der Waals surface area contributed by atoms with Crippen molar-refractivity contribution in [1.29, 1.82) is 0 Å². The van der Waals surface area contributed by atoms with Crippen LogP contribution < -0.4 is 9.64 Å². The first-order valence-corrected chi connectivity index (χ1v) is 6.65. The fourth-order valence-corrected chi connectivity index (χ4v) is 2.36. The molecule has 0 radical (unpaired) electrons. The van der Waals surface area contributed by atoms with Gasteiger partial charge < -0.3 is 14.6 Å². The number of carboxylic acids is 1. The SMILES string of the molecule is COc1cccc2c1C[C@@H](C(=O)O)N2C(=O)OC(C)(C)C. The third-order valence-corrected chi connectivity index (χ3v) is 3.17. The fraction of sp³-hybridized carbons (Fsp3) is 0.467. The van der Waals surface area contributed by atoms with Gasteiger partial charge in [0.15, 0.2) is 0 Å². The quantitative estimate of drug-likeness (QED) is 0.906. The lowest BCUT2D eigenvalue weighted by atomic mass is 10.1. The molecule has 2 rings (SSSR count). The minimum Gasteiger partial charge on any atom is -0.496 e. The lowest BCUT2D eigenvalue weighted by Crippen LogP contribution is -2.45. The predicted molar refractivity (Wildman–Crippen MR) is 76.8 cm³/mol. The van der Waals surface area contributed by atoms with Crippen molar-refractivity contribution in [2.24, 2.45) is 0 Å². The van der Waals surface area contributed by atoms with Gasteiger partial charge in [-0.05, 0) is 32.9 Å². The third-order valence-electron chi connectivity index (χ3n) is 3.17. The van der Waals surface area contributed by atoms with Crippen molar-refractivity contribution in [1.82, 2.24) is 0 Å². The fourth-order valence-electron chi connectivity index (χ4n) is 2.36. The first-order valence-electron chi connectivity index (χ1n) is 6.65. The Balaban J connectivity index is 2.43. The normalized spacial score (nSPS) is 17.3. The number of fused-ring (bicyclic) bond motifs is 1. The summed E-state index contributed by atoms with van der Waals surface area (Å²) >= 11 is 0. The number of ether oxygens (including phenoxy) is 2. The Bertz CT molecular complexity index is 576. The van der Waals surface area contributed by atoms with Gasteiger partial charge in [-0.3, -0.25) is 4.90 Å². The molecule has 1 aromatic rings. The van der Waals surface area contributed by atoms with Gasteiger partial charge in [-0.2, -0.15) is 0 Å². The molecule has 0 saturated carbocycles. The summed E-state index contributed by atoms with van der Waals surface area (Å²) < 4.78 is 10.6. The molecular weight excluding hydrogens is 274 g/mol. The maximum Gasteiger partial charge on any atom is 0.415 e. The van der Waals surface area contributed by atoms with E-state index in [1.54, 1.807) is 39.0 Å². The number of anilines is 1. The molecule has 1 aromatic carbocycles. The number of carbonyl (C=O) groups is 2. The Morgan fingerprint density at radius 1 is 1.33 bits per heavy atom. The molecule has 1 N–H and O–H groups in total. The van der Waals surface area contributed by atoms with Crippen molar-refractivity contribution in [2.75, 3.05) is 12.0 Å². The van der Waals surface area contributed by atoms with E-state index >= 15 is 0 Å². The Kier molecular flexibility index (Phi) is 3.80. The molecule has 1 amide bonds. The molecular formula is C15H19NO5. The molecule has 0 unspecified atom stereocenters. The van der Waals surface area contributed by atoms with E-state index in [2.05, 4.69) is 0 Å². The number of nitrogens with zero attached hydrogens (tertiary/aromatic N) is 1. The van der Waals surface area contributed by atoms with Crippen molar-refractivity contribution in [3.05, 3.63) is 23.8 Å². The molecule has 1 heterocycles. The Hall–Kier alpha value is -2.24. The molecule has 1 aliphatic rings. The maximum atomic E-state index is 12.3. The van der Waals surface area contributed by atoms with E-state index in [0.717, 1.165) is 0 Å². The van der Waals surface area contributed by atoms with Crippen molar-refractivity contribution >= 4 is 17.7 Å². The molecule has 6 nitrogen and oxygen atoms in total. The molecule has 6 heteroatoms. The summed E-state index contributed by atoms with van der Waals surface area (Å²) in [5, 5.41) is 9.38. The highest BCUT2D eigenvalue weighted by Gasteiger charge is 2.41. The third kappa shape index (κ3) is 2.94. The van der Waals surface area contributed by atoms with Crippen molar-refractivity contribution in [3.63, 3.8) is 0 Å². The van der Waals surface area contributed by atoms with Crippen LogP contribution >= 0.6 is 0 Å². The van der Waals surface area contributed by atoms with Gasteiger partial charge in [0.2, 0.25) is 0 Å². The molecule has 1 atom stereocenters. The van der Waals surface area contributed by atoms with Gasteiger partial charge in [0.25, 0.3) is 0 Å². The number of hydrogen-bond acceptors (Lipinski definition) is 4. The van der Waals surface area contributed by atoms with E-state index < -0.39 is 23.7 Å². The molecule has 1 aliphatic heterocycles. The average Bonchev–Trinajstić information content (AvgIpc) is 2.75. The summed E-state index contributed by atoms with van der Waals surface area (Å²) in [6.07, 6.45) is -0.463. The second-order valence-electron chi connectivity index (χ2n) is 5.87. The van der Waals surface area contributed by atoms with Gasteiger partial charge in [-0.15, -0.1) is 0 Å². The van der Waals surface area contributed by atoms with Crippen LogP contribution in [0, 0.1) is 0 Å². The van der Waals surface area contributed by atoms with Crippen LogP contribution in [0.5, 0.6) is 5.75 Å². The number of benzene rings is 1. The average molecular weight is 293 g/mol. The highest BCUT2D eigenvalue weighted by Crippen LogP contribution is 2.39. The van der Waals surface area contributed by atoms with Crippen LogP contribution in [0.15, 0.2) is 18.2 Å².